The number of carbonyl (C=O) groups is 1. The van der Waals surface area contributed by atoms with Gasteiger partial charge in [0.15, 0.2) is 0 Å². The predicted octanol–water partition coefficient (Wildman–Crippen LogP) is 1.99. The third-order valence-corrected chi connectivity index (χ3v) is 5.76. The van der Waals surface area contributed by atoms with Crippen molar-refractivity contribution in [1.82, 2.24) is 15.4 Å². The number of halogens is 1. The molecule has 1 aromatic heterocycles. The van der Waals surface area contributed by atoms with Crippen LogP contribution in [-0.2, 0) is 16.6 Å². The number of hydrogen-bond donors (Lipinski definition) is 3. The fourth-order valence-corrected chi connectivity index (χ4v) is 3.71. The summed E-state index contributed by atoms with van der Waals surface area (Å²) in [5, 5.41) is 7.68. The molecule has 0 bridgehead atoms. The van der Waals surface area contributed by atoms with E-state index in [0.717, 1.165) is 4.88 Å². The Hall–Kier alpha value is -1.45. The molecule has 0 aliphatic carbocycles. The zero-order chi connectivity index (χ0) is 17.6. The Balaban J connectivity index is 0.00000312. The molecule has 0 aliphatic rings. The van der Waals surface area contributed by atoms with Crippen molar-refractivity contribution in [3.05, 3.63) is 52.2 Å². The maximum absolute atomic E-state index is 12.4. The maximum atomic E-state index is 12.4. The third-order valence-electron chi connectivity index (χ3n) is 3.48. The van der Waals surface area contributed by atoms with Crippen LogP contribution in [0.15, 0.2) is 46.7 Å². The summed E-state index contributed by atoms with van der Waals surface area (Å²) in [5.41, 5.74) is 0.317. The van der Waals surface area contributed by atoms with Crippen LogP contribution in [0.5, 0.6) is 0 Å². The molecule has 3 N–H and O–H groups in total. The quantitative estimate of drug-likeness (QED) is 0.629. The van der Waals surface area contributed by atoms with Gasteiger partial charge in [-0.25, -0.2) is 13.1 Å². The molecule has 138 valence electrons. The lowest BCUT2D eigenvalue weighted by molar-refractivity contribution is 0.0950. The van der Waals surface area contributed by atoms with Gasteiger partial charge in [0.05, 0.1) is 4.90 Å². The van der Waals surface area contributed by atoms with Crippen LogP contribution in [-0.4, -0.2) is 34.0 Å². The number of rotatable bonds is 8. The van der Waals surface area contributed by atoms with Crippen LogP contribution in [0.25, 0.3) is 0 Å². The van der Waals surface area contributed by atoms with Crippen LogP contribution in [0.1, 0.15) is 22.2 Å². The van der Waals surface area contributed by atoms with E-state index in [1.165, 1.54) is 23.5 Å². The van der Waals surface area contributed by atoms with Gasteiger partial charge in [0, 0.05) is 29.6 Å². The Morgan fingerprint density at radius 1 is 1.24 bits per heavy atom. The van der Waals surface area contributed by atoms with Gasteiger partial charge in [-0.1, -0.05) is 12.1 Å². The van der Waals surface area contributed by atoms with Crippen molar-refractivity contribution >= 4 is 39.7 Å². The molecule has 1 aromatic carbocycles. The van der Waals surface area contributed by atoms with E-state index in [0.29, 0.717) is 12.1 Å². The van der Waals surface area contributed by atoms with Gasteiger partial charge in [-0.3, -0.25) is 4.79 Å². The van der Waals surface area contributed by atoms with Crippen LogP contribution in [0.3, 0.4) is 0 Å². The number of carbonyl (C=O) groups excluding carboxylic acids is 1. The molecule has 0 saturated carbocycles. The van der Waals surface area contributed by atoms with Gasteiger partial charge in [0.1, 0.15) is 0 Å². The fraction of sp³-hybridized carbons (Fsp3) is 0.312. The first-order chi connectivity index (χ1) is 11.4. The molecule has 2 rings (SSSR count). The van der Waals surface area contributed by atoms with Gasteiger partial charge in [0.25, 0.3) is 5.91 Å². The molecule has 0 aliphatic heterocycles. The van der Waals surface area contributed by atoms with E-state index < -0.39 is 10.0 Å². The summed E-state index contributed by atoms with van der Waals surface area (Å²) in [5.74, 6) is -0.299. The lowest BCUT2D eigenvalue weighted by Crippen LogP contribution is -2.37. The molecule has 0 radical (unpaired) electrons. The Morgan fingerprint density at radius 3 is 2.64 bits per heavy atom. The van der Waals surface area contributed by atoms with Crippen LogP contribution in [0.4, 0.5) is 0 Å². The van der Waals surface area contributed by atoms with Gasteiger partial charge in [-0.2, -0.15) is 0 Å². The molecule has 1 unspecified atom stereocenters. The first-order valence-corrected chi connectivity index (χ1v) is 9.86. The first kappa shape index (κ1) is 21.6. The zero-order valence-corrected chi connectivity index (χ0v) is 16.4. The van der Waals surface area contributed by atoms with E-state index in [4.69, 9.17) is 0 Å². The van der Waals surface area contributed by atoms with Crippen LogP contribution >= 0.6 is 23.7 Å². The molecule has 2 aromatic rings. The van der Waals surface area contributed by atoms with Gasteiger partial charge in [0.2, 0.25) is 10.0 Å². The minimum Gasteiger partial charge on any atom is -0.350 e. The van der Waals surface area contributed by atoms with E-state index in [1.807, 2.05) is 31.5 Å². The molecule has 0 fully saturated rings. The monoisotopic (exact) mass is 403 g/mol. The average Bonchev–Trinajstić information content (AvgIpc) is 3.11. The van der Waals surface area contributed by atoms with Crippen LogP contribution in [0, 0.1) is 0 Å². The summed E-state index contributed by atoms with van der Waals surface area (Å²) in [7, 11) is -1.86. The Bertz CT molecular complexity index is 780. The second-order valence-corrected chi connectivity index (χ2v) is 8.13. The molecule has 0 spiro atoms. The number of hydrogen-bond acceptors (Lipinski definition) is 5. The number of likely N-dealkylation sites (N-methyl/N-ethyl adjacent to an activating group) is 1. The Kier molecular flexibility index (Phi) is 8.54. The topological polar surface area (TPSA) is 87.3 Å². The highest BCUT2D eigenvalue weighted by Crippen LogP contribution is 2.14. The largest absolute Gasteiger partial charge is 0.350 e. The molecule has 9 heteroatoms. The van der Waals surface area contributed by atoms with E-state index in [1.54, 1.807) is 12.1 Å². The molecule has 1 heterocycles. The number of nitrogens with one attached hydrogen (secondary N) is 3. The van der Waals surface area contributed by atoms with Gasteiger partial charge in [-0.05, 0) is 43.6 Å². The second-order valence-electron chi connectivity index (χ2n) is 5.33. The van der Waals surface area contributed by atoms with Crippen molar-refractivity contribution in [3.8, 4) is 0 Å². The summed E-state index contributed by atoms with van der Waals surface area (Å²) >= 11 is 1.48. The highest BCUT2D eigenvalue weighted by Gasteiger charge is 2.16. The van der Waals surface area contributed by atoms with Crippen molar-refractivity contribution in [1.29, 1.82) is 0 Å². The first-order valence-electron chi connectivity index (χ1n) is 7.50. The number of benzene rings is 1. The SMILES string of the molecule is CNC(C)CNC(=O)c1cccc(S(=O)(=O)NCc2cccs2)c1.Cl. The second kappa shape index (κ2) is 9.88. The van der Waals surface area contributed by atoms with E-state index in [2.05, 4.69) is 15.4 Å². The molecule has 1 atom stereocenters. The van der Waals surface area contributed by atoms with E-state index >= 15 is 0 Å². The third kappa shape index (κ3) is 6.41. The highest BCUT2D eigenvalue weighted by molar-refractivity contribution is 7.89. The lowest BCUT2D eigenvalue weighted by atomic mass is 10.2. The lowest BCUT2D eigenvalue weighted by Gasteiger charge is -2.12. The molecule has 1 amide bonds. The normalized spacial score (nSPS) is 12.2. The van der Waals surface area contributed by atoms with Gasteiger partial charge in [-0.15, -0.1) is 23.7 Å². The molecule has 0 saturated heterocycles. The smallest absolute Gasteiger partial charge is 0.251 e. The van der Waals surface area contributed by atoms with Crippen molar-refractivity contribution < 1.29 is 13.2 Å². The summed E-state index contributed by atoms with van der Waals surface area (Å²) in [6.45, 7) is 2.63. The van der Waals surface area contributed by atoms with Gasteiger partial charge < -0.3 is 10.6 Å². The molecule has 25 heavy (non-hydrogen) atoms. The fourth-order valence-electron chi connectivity index (χ4n) is 1.92. The Labute approximate surface area is 158 Å². The standard InChI is InChI=1S/C16H21N3O3S2.ClH/c1-12(17-2)10-18-16(20)13-5-3-7-15(9-13)24(21,22)19-11-14-6-4-8-23-14;/h3-9,12,17,19H,10-11H2,1-2H3,(H,18,20);1H. The summed E-state index contributed by atoms with van der Waals surface area (Å²) in [6.07, 6.45) is 0. The van der Waals surface area contributed by atoms with E-state index in [9.17, 15) is 13.2 Å². The van der Waals surface area contributed by atoms with Crippen molar-refractivity contribution in [2.75, 3.05) is 13.6 Å². The molecular formula is C16H22ClN3O3S2. The number of amides is 1. The average molecular weight is 404 g/mol. The highest BCUT2D eigenvalue weighted by atomic mass is 35.5. The van der Waals surface area contributed by atoms with Crippen molar-refractivity contribution in [2.45, 2.75) is 24.4 Å². The summed E-state index contributed by atoms with van der Waals surface area (Å²) in [6, 6.07) is 9.88. The predicted molar refractivity (Wildman–Crippen MR) is 103 cm³/mol. The molecule has 6 nitrogen and oxygen atoms in total. The van der Waals surface area contributed by atoms with Crippen molar-refractivity contribution in [3.63, 3.8) is 0 Å². The summed E-state index contributed by atoms with van der Waals surface area (Å²) in [4.78, 5) is 13.1. The number of thiophene rings is 1. The minimum atomic E-state index is -3.66. The van der Waals surface area contributed by atoms with Gasteiger partial charge >= 0.3 is 0 Å². The van der Waals surface area contributed by atoms with Crippen LogP contribution in [0.2, 0.25) is 0 Å². The van der Waals surface area contributed by atoms with E-state index in [-0.39, 0.29) is 35.8 Å². The molecular weight excluding hydrogens is 382 g/mol. The maximum Gasteiger partial charge on any atom is 0.251 e. The van der Waals surface area contributed by atoms with Crippen molar-refractivity contribution in [2.24, 2.45) is 0 Å². The zero-order valence-electron chi connectivity index (χ0n) is 14.0. The summed E-state index contributed by atoms with van der Waals surface area (Å²) < 4.78 is 27.3. The Morgan fingerprint density at radius 2 is 2.00 bits per heavy atom. The minimum absolute atomic E-state index is 0. The van der Waals surface area contributed by atoms with Crippen LogP contribution < -0.4 is 15.4 Å². The number of sulfonamides is 1.